The minimum absolute atomic E-state index is 0.0526. The number of carbonyl (C=O) groups excluding carboxylic acids is 1. The minimum Gasteiger partial charge on any atom is -0.449 e. The number of unbranched alkanes of at least 4 members (excludes halogenated alkanes) is 2. The summed E-state index contributed by atoms with van der Waals surface area (Å²) in [4.78, 5) is 24.2. The van der Waals surface area contributed by atoms with Gasteiger partial charge in [0.25, 0.3) is 0 Å². The molecule has 1 saturated heterocycles. The lowest BCUT2D eigenvalue weighted by molar-refractivity contribution is -0.147. The molecule has 2 atom stereocenters. The van der Waals surface area contributed by atoms with Crippen molar-refractivity contribution < 1.29 is 19.4 Å². The molecule has 6 nitrogen and oxygen atoms in total. The zero-order chi connectivity index (χ0) is 15.9. The van der Waals surface area contributed by atoms with E-state index >= 15 is 0 Å². The molecular weight excluding hydrogens is 304 g/mol. The van der Waals surface area contributed by atoms with Crippen molar-refractivity contribution in [3.8, 4) is 0 Å². The molecular formula is C15H22N2O4S. The monoisotopic (exact) mass is 326 g/mol. The number of β-lactam (4-membered cyclic amide) rings is 1. The quantitative estimate of drug-likeness (QED) is 0.309. The number of hydrogen-bond donors (Lipinski definition) is 2. The van der Waals surface area contributed by atoms with Crippen LogP contribution < -0.4 is 5.32 Å². The van der Waals surface area contributed by atoms with Gasteiger partial charge in [-0.05, 0) is 19.0 Å². The van der Waals surface area contributed by atoms with Crippen LogP contribution in [0.1, 0.15) is 26.2 Å². The predicted molar refractivity (Wildman–Crippen MR) is 85.3 cm³/mol. The number of carbonyl (C=O) groups is 2. The van der Waals surface area contributed by atoms with Crippen molar-refractivity contribution in [3.05, 3.63) is 24.1 Å². The van der Waals surface area contributed by atoms with Crippen molar-refractivity contribution in [3.63, 3.8) is 0 Å². The van der Waals surface area contributed by atoms with Gasteiger partial charge in [-0.2, -0.15) is 0 Å². The third kappa shape index (κ3) is 4.04. The summed E-state index contributed by atoms with van der Waals surface area (Å²) in [6.45, 7) is 3.91. The lowest BCUT2D eigenvalue weighted by atomic mass is 9.97. The summed E-state index contributed by atoms with van der Waals surface area (Å²) < 4.78 is 4.66. The largest absolute Gasteiger partial charge is 0.512 e. The molecule has 0 saturated carbocycles. The molecule has 7 heteroatoms. The number of thioether (sulfide) groups is 1. The van der Waals surface area contributed by atoms with E-state index in [0.29, 0.717) is 5.75 Å². The van der Waals surface area contributed by atoms with E-state index in [1.807, 2.05) is 12.2 Å². The van der Waals surface area contributed by atoms with Gasteiger partial charge in [0.15, 0.2) is 0 Å². The van der Waals surface area contributed by atoms with Crippen molar-refractivity contribution in [1.29, 1.82) is 0 Å². The zero-order valence-electron chi connectivity index (χ0n) is 12.7. The van der Waals surface area contributed by atoms with E-state index in [0.717, 1.165) is 13.1 Å². The fourth-order valence-corrected chi connectivity index (χ4v) is 3.68. The fourth-order valence-electron chi connectivity index (χ4n) is 2.47. The first kappa shape index (κ1) is 16.9. The van der Waals surface area contributed by atoms with Crippen LogP contribution >= 0.6 is 11.8 Å². The van der Waals surface area contributed by atoms with Gasteiger partial charge in [-0.15, -0.1) is 11.8 Å². The normalized spacial score (nSPS) is 24.0. The fraction of sp³-hybridized carbons (Fsp3) is 0.600. The molecule has 0 spiro atoms. The van der Waals surface area contributed by atoms with Gasteiger partial charge in [-0.25, -0.2) is 4.79 Å². The van der Waals surface area contributed by atoms with Crippen LogP contribution in [0.3, 0.4) is 0 Å². The van der Waals surface area contributed by atoms with Crippen LogP contribution in [0.15, 0.2) is 24.1 Å². The molecule has 0 radical (unpaired) electrons. The SMILES string of the molecule is CCCCCNCC=CC1C(=O)N2C(OC(=O)O)=CCS[C@@H]12. The van der Waals surface area contributed by atoms with Crippen LogP contribution in [-0.2, 0) is 9.53 Å². The van der Waals surface area contributed by atoms with Gasteiger partial charge in [-0.3, -0.25) is 9.69 Å². The number of carboxylic acid groups (broad SMARTS) is 1. The maximum Gasteiger partial charge on any atom is 0.512 e. The molecule has 1 amide bonds. The molecule has 0 bridgehead atoms. The molecule has 22 heavy (non-hydrogen) atoms. The van der Waals surface area contributed by atoms with E-state index < -0.39 is 6.16 Å². The summed E-state index contributed by atoms with van der Waals surface area (Å²) >= 11 is 1.61. The number of hydrogen-bond acceptors (Lipinski definition) is 5. The molecule has 2 aliphatic heterocycles. The Hall–Kier alpha value is -1.47. The lowest BCUT2D eigenvalue weighted by Crippen LogP contribution is -2.59. The molecule has 2 rings (SSSR count). The molecule has 1 unspecified atom stereocenters. The maximum atomic E-state index is 12.1. The Morgan fingerprint density at radius 2 is 2.41 bits per heavy atom. The Morgan fingerprint density at radius 3 is 3.14 bits per heavy atom. The van der Waals surface area contributed by atoms with Crippen LogP contribution in [0.4, 0.5) is 4.79 Å². The second-order valence-electron chi connectivity index (χ2n) is 5.21. The van der Waals surface area contributed by atoms with E-state index in [2.05, 4.69) is 17.0 Å². The maximum absolute atomic E-state index is 12.1. The average Bonchev–Trinajstić information content (AvgIpc) is 2.48. The van der Waals surface area contributed by atoms with Gasteiger partial charge in [0.1, 0.15) is 5.37 Å². The first-order valence-electron chi connectivity index (χ1n) is 7.58. The number of nitrogens with zero attached hydrogens (tertiary/aromatic N) is 1. The zero-order valence-corrected chi connectivity index (χ0v) is 13.5. The van der Waals surface area contributed by atoms with Crippen LogP contribution in [0.2, 0.25) is 0 Å². The van der Waals surface area contributed by atoms with E-state index in [-0.39, 0.29) is 23.1 Å². The van der Waals surface area contributed by atoms with Gasteiger partial charge < -0.3 is 15.2 Å². The van der Waals surface area contributed by atoms with Crippen molar-refractivity contribution in [2.24, 2.45) is 5.92 Å². The van der Waals surface area contributed by atoms with E-state index in [4.69, 9.17) is 5.11 Å². The summed E-state index contributed by atoms with van der Waals surface area (Å²) in [5.41, 5.74) is 0. The third-order valence-electron chi connectivity index (χ3n) is 3.60. The van der Waals surface area contributed by atoms with Crippen LogP contribution in [0.25, 0.3) is 0 Å². The van der Waals surface area contributed by atoms with E-state index in [1.165, 1.54) is 24.2 Å². The number of nitrogens with one attached hydrogen (secondary N) is 1. The highest BCUT2D eigenvalue weighted by Gasteiger charge is 2.50. The Labute approximate surface area is 134 Å². The topological polar surface area (TPSA) is 78.9 Å². The Morgan fingerprint density at radius 1 is 1.59 bits per heavy atom. The number of ether oxygens (including phenoxy) is 1. The Balaban J connectivity index is 1.77. The lowest BCUT2D eigenvalue weighted by Gasteiger charge is -2.47. The standard InChI is InChI=1S/C15H22N2O4S/c1-2-3-4-8-16-9-5-6-11-13(18)17-12(21-15(19)20)7-10-22-14(11)17/h5-7,11,14,16H,2-4,8-10H2,1H3,(H,19,20)/t11?,14-/m0/s1. The van der Waals surface area contributed by atoms with Crippen LogP contribution in [0, 0.1) is 5.92 Å². The Bertz CT molecular complexity index is 478. The molecule has 0 aromatic carbocycles. The van der Waals surface area contributed by atoms with Crippen LogP contribution in [0.5, 0.6) is 0 Å². The molecule has 1 fully saturated rings. The van der Waals surface area contributed by atoms with Crippen molar-refractivity contribution in [2.45, 2.75) is 31.6 Å². The average molecular weight is 326 g/mol. The smallest absolute Gasteiger partial charge is 0.449 e. The highest BCUT2D eigenvalue weighted by atomic mass is 32.2. The Kier molecular flexibility index (Phi) is 6.33. The third-order valence-corrected chi connectivity index (χ3v) is 4.81. The minimum atomic E-state index is -1.39. The van der Waals surface area contributed by atoms with Crippen LogP contribution in [-0.4, -0.2) is 46.3 Å². The van der Waals surface area contributed by atoms with Crippen molar-refractivity contribution >= 4 is 23.8 Å². The molecule has 122 valence electrons. The first-order valence-corrected chi connectivity index (χ1v) is 8.63. The van der Waals surface area contributed by atoms with Gasteiger partial charge in [0.2, 0.25) is 11.8 Å². The second kappa shape index (κ2) is 8.24. The molecule has 2 heterocycles. The summed E-state index contributed by atoms with van der Waals surface area (Å²) in [5, 5.41) is 11.9. The molecule has 2 N–H and O–H groups in total. The summed E-state index contributed by atoms with van der Waals surface area (Å²) in [5.74, 6) is 0.496. The van der Waals surface area contributed by atoms with Gasteiger partial charge in [0.05, 0.1) is 5.92 Å². The highest BCUT2D eigenvalue weighted by molar-refractivity contribution is 8.00. The van der Waals surface area contributed by atoms with Gasteiger partial charge in [-0.1, -0.05) is 31.9 Å². The predicted octanol–water partition coefficient (Wildman–Crippen LogP) is 2.39. The molecule has 0 aromatic rings. The summed E-state index contributed by atoms with van der Waals surface area (Å²) in [6.07, 6.45) is 7.72. The summed E-state index contributed by atoms with van der Waals surface area (Å²) in [6, 6.07) is 0. The molecule has 0 aromatic heterocycles. The highest BCUT2D eigenvalue weighted by Crippen LogP contribution is 2.42. The molecule has 0 aliphatic carbocycles. The first-order chi connectivity index (χ1) is 10.6. The molecule has 2 aliphatic rings. The number of amides is 1. The van der Waals surface area contributed by atoms with Crippen molar-refractivity contribution in [2.75, 3.05) is 18.8 Å². The summed E-state index contributed by atoms with van der Waals surface area (Å²) in [7, 11) is 0. The van der Waals surface area contributed by atoms with Crippen molar-refractivity contribution in [1.82, 2.24) is 10.2 Å². The van der Waals surface area contributed by atoms with Gasteiger partial charge in [0, 0.05) is 12.3 Å². The van der Waals surface area contributed by atoms with E-state index in [1.54, 1.807) is 17.8 Å². The number of fused-ring (bicyclic) bond motifs is 1. The van der Waals surface area contributed by atoms with Gasteiger partial charge >= 0.3 is 6.16 Å². The van der Waals surface area contributed by atoms with E-state index in [9.17, 15) is 9.59 Å². The second-order valence-corrected chi connectivity index (χ2v) is 6.36. The number of rotatable bonds is 8.